The maximum absolute atomic E-state index is 5.59. The van der Waals surface area contributed by atoms with Crippen LogP contribution in [-0.4, -0.2) is 35.9 Å². The van der Waals surface area contributed by atoms with Crippen LogP contribution in [-0.2, 0) is 4.74 Å². The van der Waals surface area contributed by atoms with Crippen molar-refractivity contribution in [2.24, 2.45) is 5.73 Å². The zero-order valence-electron chi connectivity index (χ0n) is 11.8. The first-order chi connectivity index (χ1) is 9.85. The van der Waals surface area contributed by atoms with E-state index in [-0.39, 0.29) is 6.04 Å². The average Bonchev–Trinajstić information content (AvgIpc) is 2.99. The van der Waals surface area contributed by atoms with Crippen LogP contribution in [0.1, 0.15) is 12.8 Å². The lowest BCUT2D eigenvalue weighted by Gasteiger charge is -2.21. The van der Waals surface area contributed by atoms with Crippen molar-refractivity contribution in [3.63, 3.8) is 0 Å². The van der Waals surface area contributed by atoms with Crippen molar-refractivity contribution in [2.45, 2.75) is 18.9 Å². The number of imidazole rings is 1. The van der Waals surface area contributed by atoms with E-state index in [2.05, 4.69) is 22.4 Å². The van der Waals surface area contributed by atoms with Gasteiger partial charge in [-0.15, -0.1) is 0 Å². The Hall–Kier alpha value is -1.85. The van der Waals surface area contributed by atoms with Crippen LogP contribution in [0, 0.1) is 0 Å². The van der Waals surface area contributed by atoms with Gasteiger partial charge in [0.2, 0.25) is 0 Å². The summed E-state index contributed by atoms with van der Waals surface area (Å²) in [6, 6.07) is 8.44. The van der Waals surface area contributed by atoms with E-state index in [0.29, 0.717) is 13.2 Å². The second kappa shape index (κ2) is 7.67. The molecule has 108 valence electrons. The molecule has 5 nitrogen and oxygen atoms in total. The summed E-state index contributed by atoms with van der Waals surface area (Å²) >= 11 is 0. The summed E-state index contributed by atoms with van der Waals surface area (Å²) in [4.78, 5) is 4.10. The third-order valence-corrected chi connectivity index (χ3v) is 3.17. The Morgan fingerprint density at radius 1 is 1.40 bits per heavy atom. The van der Waals surface area contributed by atoms with Gasteiger partial charge in [-0.1, -0.05) is 12.1 Å². The SMILES string of the molecule is COCC(CCCN)Nc1ccccc1-n1ccnc1. The number of benzene rings is 1. The van der Waals surface area contributed by atoms with Gasteiger partial charge in [0.1, 0.15) is 0 Å². The highest BCUT2D eigenvalue weighted by Gasteiger charge is 2.11. The predicted molar refractivity (Wildman–Crippen MR) is 81.1 cm³/mol. The molecular weight excluding hydrogens is 252 g/mol. The number of nitrogens with zero attached hydrogens (tertiary/aromatic N) is 2. The minimum atomic E-state index is 0.258. The molecule has 1 heterocycles. The van der Waals surface area contributed by atoms with Crippen LogP contribution in [0.3, 0.4) is 0 Å². The minimum Gasteiger partial charge on any atom is -0.383 e. The molecule has 2 aromatic rings. The Kier molecular flexibility index (Phi) is 5.58. The standard InChI is InChI=1S/C15H22N4O/c1-20-11-13(5-4-8-16)18-14-6-2-3-7-15(14)19-10-9-17-12-19/h2-3,6-7,9-10,12-13,18H,4-5,8,11,16H2,1H3. The molecule has 0 fully saturated rings. The quantitative estimate of drug-likeness (QED) is 0.773. The summed E-state index contributed by atoms with van der Waals surface area (Å²) in [5.41, 5.74) is 7.75. The summed E-state index contributed by atoms with van der Waals surface area (Å²) in [5.74, 6) is 0. The van der Waals surface area contributed by atoms with Gasteiger partial charge in [0.05, 0.1) is 24.3 Å². The predicted octanol–water partition coefficient (Wildman–Crippen LogP) is 2.04. The van der Waals surface area contributed by atoms with Gasteiger partial charge in [0.25, 0.3) is 0 Å². The molecule has 20 heavy (non-hydrogen) atoms. The van der Waals surface area contributed by atoms with E-state index in [1.54, 1.807) is 19.6 Å². The topological polar surface area (TPSA) is 65.1 Å². The maximum atomic E-state index is 5.59. The number of hydrogen-bond donors (Lipinski definition) is 2. The molecule has 0 saturated carbocycles. The first kappa shape index (κ1) is 14.6. The molecule has 1 aromatic carbocycles. The van der Waals surface area contributed by atoms with Crippen molar-refractivity contribution in [1.82, 2.24) is 9.55 Å². The Morgan fingerprint density at radius 3 is 2.95 bits per heavy atom. The van der Waals surface area contributed by atoms with Gasteiger partial charge in [-0.3, -0.25) is 0 Å². The molecule has 0 radical (unpaired) electrons. The zero-order chi connectivity index (χ0) is 14.2. The monoisotopic (exact) mass is 274 g/mol. The number of aromatic nitrogens is 2. The zero-order valence-corrected chi connectivity index (χ0v) is 11.8. The third-order valence-electron chi connectivity index (χ3n) is 3.17. The number of ether oxygens (including phenoxy) is 1. The van der Waals surface area contributed by atoms with E-state index >= 15 is 0 Å². The van der Waals surface area contributed by atoms with Crippen molar-refractivity contribution in [3.05, 3.63) is 43.0 Å². The first-order valence-corrected chi connectivity index (χ1v) is 6.88. The van der Waals surface area contributed by atoms with E-state index in [1.807, 2.05) is 22.9 Å². The Balaban J connectivity index is 2.15. The molecule has 0 aliphatic rings. The van der Waals surface area contributed by atoms with E-state index in [9.17, 15) is 0 Å². The number of nitrogens with two attached hydrogens (primary N) is 1. The van der Waals surface area contributed by atoms with E-state index in [4.69, 9.17) is 10.5 Å². The number of nitrogens with one attached hydrogen (secondary N) is 1. The molecule has 2 rings (SSSR count). The smallest absolute Gasteiger partial charge is 0.0992 e. The number of methoxy groups -OCH3 is 1. The lowest BCUT2D eigenvalue weighted by molar-refractivity contribution is 0.182. The molecule has 1 atom stereocenters. The Morgan fingerprint density at radius 2 is 2.25 bits per heavy atom. The lowest BCUT2D eigenvalue weighted by atomic mass is 10.1. The number of rotatable bonds is 8. The van der Waals surface area contributed by atoms with Crippen molar-refractivity contribution < 1.29 is 4.74 Å². The molecule has 3 N–H and O–H groups in total. The lowest BCUT2D eigenvalue weighted by Crippen LogP contribution is -2.26. The number of anilines is 1. The van der Waals surface area contributed by atoms with Crippen molar-refractivity contribution >= 4 is 5.69 Å². The largest absolute Gasteiger partial charge is 0.383 e. The minimum absolute atomic E-state index is 0.258. The van der Waals surface area contributed by atoms with E-state index in [1.165, 1.54) is 0 Å². The van der Waals surface area contributed by atoms with Crippen molar-refractivity contribution in [3.8, 4) is 5.69 Å². The molecule has 0 saturated heterocycles. The third kappa shape index (κ3) is 3.82. The molecule has 1 unspecified atom stereocenters. The second-order valence-electron chi connectivity index (χ2n) is 4.71. The summed E-state index contributed by atoms with van der Waals surface area (Å²) in [7, 11) is 1.72. The molecule has 5 heteroatoms. The molecular formula is C15H22N4O. The van der Waals surface area contributed by atoms with Crippen LogP contribution < -0.4 is 11.1 Å². The fraction of sp³-hybridized carbons (Fsp3) is 0.400. The fourth-order valence-electron chi connectivity index (χ4n) is 2.20. The van der Waals surface area contributed by atoms with Gasteiger partial charge < -0.3 is 20.4 Å². The normalized spacial score (nSPS) is 12.3. The van der Waals surface area contributed by atoms with Gasteiger partial charge in [0, 0.05) is 25.5 Å². The average molecular weight is 274 g/mol. The summed E-state index contributed by atoms with van der Waals surface area (Å²) < 4.78 is 7.28. The number of hydrogen-bond acceptors (Lipinski definition) is 4. The van der Waals surface area contributed by atoms with Gasteiger partial charge in [-0.05, 0) is 31.5 Å². The molecule has 0 spiro atoms. The van der Waals surface area contributed by atoms with Gasteiger partial charge in [-0.2, -0.15) is 0 Å². The van der Waals surface area contributed by atoms with Crippen LogP contribution in [0.25, 0.3) is 5.69 Å². The maximum Gasteiger partial charge on any atom is 0.0992 e. The molecule has 0 aliphatic carbocycles. The van der Waals surface area contributed by atoms with Crippen LogP contribution in [0.4, 0.5) is 5.69 Å². The van der Waals surface area contributed by atoms with Crippen molar-refractivity contribution in [2.75, 3.05) is 25.6 Å². The van der Waals surface area contributed by atoms with Crippen LogP contribution in [0.5, 0.6) is 0 Å². The van der Waals surface area contributed by atoms with Crippen LogP contribution in [0.15, 0.2) is 43.0 Å². The fourth-order valence-corrected chi connectivity index (χ4v) is 2.20. The molecule has 0 bridgehead atoms. The molecule has 0 aliphatic heterocycles. The Labute approximate surface area is 119 Å². The summed E-state index contributed by atoms with van der Waals surface area (Å²) in [6.07, 6.45) is 7.48. The van der Waals surface area contributed by atoms with Gasteiger partial charge in [0.15, 0.2) is 0 Å². The van der Waals surface area contributed by atoms with E-state index < -0.39 is 0 Å². The first-order valence-electron chi connectivity index (χ1n) is 6.88. The van der Waals surface area contributed by atoms with Gasteiger partial charge >= 0.3 is 0 Å². The Bertz CT molecular complexity index is 498. The summed E-state index contributed by atoms with van der Waals surface area (Å²) in [6.45, 7) is 1.36. The summed E-state index contributed by atoms with van der Waals surface area (Å²) in [5, 5.41) is 3.54. The number of para-hydroxylation sites is 2. The highest BCUT2D eigenvalue weighted by atomic mass is 16.5. The molecule has 1 aromatic heterocycles. The molecule has 0 amide bonds. The highest BCUT2D eigenvalue weighted by molar-refractivity contribution is 5.61. The van der Waals surface area contributed by atoms with E-state index in [0.717, 1.165) is 24.2 Å². The van der Waals surface area contributed by atoms with Crippen LogP contribution >= 0.6 is 0 Å². The van der Waals surface area contributed by atoms with Crippen LogP contribution in [0.2, 0.25) is 0 Å². The van der Waals surface area contributed by atoms with Gasteiger partial charge in [-0.25, -0.2) is 4.98 Å². The van der Waals surface area contributed by atoms with Crippen molar-refractivity contribution in [1.29, 1.82) is 0 Å². The highest BCUT2D eigenvalue weighted by Crippen LogP contribution is 2.21. The second-order valence-corrected chi connectivity index (χ2v) is 4.71.